The van der Waals surface area contributed by atoms with Crippen LogP contribution in [0.2, 0.25) is 0 Å². The first-order valence-corrected chi connectivity index (χ1v) is 16.4. The van der Waals surface area contributed by atoms with Gasteiger partial charge in [0, 0.05) is 18.1 Å². The minimum absolute atomic E-state index is 0.0292. The molecule has 0 radical (unpaired) electrons. The molecule has 7 rings (SSSR count). The number of nitrogens with zero attached hydrogens (tertiary/aromatic N) is 3. The van der Waals surface area contributed by atoms with Gasteiger partial charge in [-0.05, 0) is 42.5 Å². The van der Waals surface area contributed by atoms with Gasteiger partial charge in [-0.15, -0.1) is 23.2 Å². The summed E-state index contributed by atoms with van der Waals surface area (Å²) in [6, 6.07) is 8.83. The summed E-state index contributed by atoms with van der Waals surface area (Å²) >= 11 is 14.1. The van der Waals surface area contributed by atoms with E-state index in [4.69, 9.17) is 27.9 Å². The molecule has 11 nitrogen and oxygen atoms in total. The van der Waals surface area contributed by atoms with Crippen molar-refractivity contribution in [3.63, 3.8) is 0 Å². The zero-order valence-corrected chi connectivity index (χ0v) is 28.3. The Hall–Kier alpha value is -5.35. The number of alkyl halides is 2. The highest BCUT2D eigenvalue weighted by Gasteiger charge is 2.76. The SMILES string of the molecule is COc1cc(C=C[C@H]2C3=CC[C@@H]4C(=O)N(c5cccc([N+](=O)[O-])c5)C(=O)[C@@H]4[C@@H]3C[C@@]3(Cl)C(=O)N(c4c(F)c(F)c(F)c(F)c4F)C(=O)[C@@]23Cl)ccc1O. The second-order valence-electron chi connectivity index (χ2n) is 12.8. The molecule has 4 aliphatic rings. The number of nitro groups is 1. The molecule has 3 aromatic carbocycles. The molecule has 0 aromatic heterocycles. The second-order valence-corrected chi connectivity index (χ2v) is 14.1. The zero-order valence-electron chi connectivity index (χ0n) is 26.8. The number of non-ortho nitro benzene ring substituents is 1. The van der Waals surface area contributed by atoms with Gasteiger partial charge in [-0.3, -0.25) is 29.3 Å². The van der Waals surface area contributed by atoms with Crippen LogP contribution in [0, 0.1) is 62.9 Å². The summed E-state index contributed by atoms with van der Waals surface area (Å²) in [4.78, 5) is 62.3. The third-order valence-electron chi connectivity index (χ3n) is 10.3. The average molecular weight is 778 g/mol. The number of methoxy groups -OCH3 is 1. The van der Waals surface area contributed by atoms with Gasteiger partial charge in [-0.2, -0.15) is 0 Å². The Balaban J connectivity index is 1.39. The molecule has 3 fully saturated rings. The number of hydrogen-bond donors (Lipinski definition) is 1. The van der Waals surface area contributed by atoms with Crippen LogP contribution in [0.4, 0.5) is 39.0 Å². The number of nitro benzene ring substituents is 1. The van der Waals surface area contributed by atoms with Crippen LogP contribution in [0.5, 0.6) is 11.5 Å². The van der Waals surface area contributed by atoms with Crippen molar-refractivity contribution >= 4 is 70.0 Å². The maximum Gasteiger partial charge on any atom is 0.271 e. The molecule has 2 aliphatic carbocycles. The summed E-state index contributed by atoms with van der Waals surface area (Å²) in [5.74, 6) is -22.6. The van der Waals surface area contributed by atoms with Crippen LogP contribution in [-0.4, -0.2) is 50.5 Å². The van der Waals surface area contributed by atoms with E-state index in [2.05, 4.69) is 0 Å². The minimum atomic E-state index is -2.72. The molecule has 1 N–H and O–H groups in total. The molecule has 274 valence electrons. The maximum absolute atomic E-state index is 15.2. The predicted molar refractivity (Wildman–Crippen MR) is 176 cm³/mol. The highest BCUT2D eigenvalue weighted by molar-refractivity contribution is 6.58. The Morgan fingerprint density at radius 1 is 0.906 bits per heavy atom. The largest absolute Gasteiger partial charge is 0.504 e. The minimum Gasteiger partial charge on any atom is -0.504 e. The fourth-order valence-corrected chi connectivity index (χ4v) is 8.71. The molecular formula is C35H22Cl2F5N3O8. The number of allylic oxidation sites excluding steroid dienone is 3. The van der Waals surface area contributed by atoms with E-state index in [0.29, 0.717) is 5.56 Å². The Morgan fingerprint density at radius 3 is 2.21 bits per heavy atom. The molecule has 0 bridgehead atoms. The molecule has 0 spiro atoms. The van der Waals surface area contributed by atoms with Crippen molar-refractivity contribution in [3.05, 3.63) is 105 Å². The molecule has 6 atom stereocenters. The number of hydrogen-bond acceptors (Lipinski definition) is 8. The third kappa shape index (κ3) is 4.91. The molecular weight excluding hydrogens is 756 g/mol. The smallest absolute Gasteiger partial charge is 0.271 e. The normalized spacial score (nSPS) is 28.0. The molecule has 2 saturated heterocycles. The fraction of sp³-hybridized carbons (Fsp3) is 0.257. The number of phenols is 1. The number of halogens is 7. The monoisotopic (exact) mass is 777 g/mol. The first-order chi connectivity index (χ1) is 25.0. The van der Waals surface area contributed by atoms with E-state index in [9.17, 15) is 47.6 Å². The van der Waals surface area contributed by atoms with Gasteiger partial charge in [-0.1, -0.05) is 35.9 Å². The van der Waals surface area contributed by atoms with Gasteiger partial charge in [0.25, 0.3) is 17.5 Å². The number of carbonyl (C=O) groups excluding carboxylic acids is 4. The standard InChI is InChI=1S/C35H22Cl2F5N3O8/c1-53-22-11-14(6-10-21(22)46)5-9-20-17-7-8-18-23(31(48)43(30(18)47)15-3-2-4-16(12-15)45(51)52)19(17)13-34(36)32(49)44(33(50)35(20,34)37)29-27(41)25(39)24(38)26(40)28(29)42/h2-7,9-12,18-20,23,46H,8,13H2,1H3/t18-,19+,20-,23-,34+,35-/m0/s1. The molecule has 1 saturated carbocycles. The van der Waals surface area contributed by atoms with Crippen LogP contribution in [0.1, 0.15) is 18.4 Å². The predicted octanol–water partition coefficient (Wildman–Crippen LogP) is 6.32. The van der Waals surface area contributed by atoms with Gasteiger partial charge in [0.15, 0.2) is 44.5 Å². The van der Waals surface area contributed by atoms with Crippen molar-refractivity contribution in [2.75, 3.05) is 16.9 Å². The van der Waals surface area contributed by atoms with Crippen molar-refractivity contribution in [3.8, 4) is 11.5 Å². The summed E-state index contributed by atoms with van der Waals surface area (Å²) in [6.45, 7) is 0. The number of ether oxygens (including phenoxy) is 1. The van der Waals surface area contributed by atoms with E-state index in [0.717, 1.165) is 17.0 Å². The van der Waals surface area contributed by atoms with Crippen LogP contribution in [0.3, 0.4) is 0 Å². The van der Waals surface area contributed by atoms with E-state index in [1.54, 1.807) is 0 Å². The fourth-order valence-electron chi connectivity index (χ4n) is 7.82. The lowest BCUT2D eigenvalue weighted by atomic mass is 9.57. The van der Waals surface area contributed by atoms with Gasteiger partial charge in [0.05, 0.1) is 29.6 Å². The van der Waals surface area contributed by atoms with Crippen LogP contribution in [0.15, 0.2) is 60.2 Å². The Labute approximate surface area is 305 Å². The highest BCUT2D eigenvalue weighted by atomic mass is 35.5. The van der Waals surface area contributed by atoms with E-state index < -0.39 is 109 Å². The lowest BCUT2D eigenvalue weighted by Gasteiger charge is -2.49. The molecule has 2 heterocycles. The van der Waals surface area contributed by atoms with Crippen molar-refractivity contribution in [1.82, 2.24) is 0 Å². The lowest BCUT2D eigenvalue weighted by molar-refractivity contribution is -0.384. The van der Waals surface area contributed by atoms with E-state index >= 15 is 8.78 Å². The average Bonchev–Trinajstić information content (AvgIpc) is 3.48. The summed E-state index contributed by atoms with van der Waals surface area (Å²) < 4.78 is 78.4. The van der Waals surface area contributed by atoms with Crippen molar-refractivity contribution < 1.29 is 55.9 Å². The number of carbonyl (C=O) groups is 4. The van der Waals surface area contributed by atoms with Crippen LogP contribution in [-0.2, 0) is 19.2 Å². The molecule has 18 heteroatoms. The van der Waals surface area contributed by atoms with Crippen molar-refractivity contribution in [2.24, 2.45) is 23.7 Å². The number of phenolic OH excluding ortho intramolecular Hbond substituents is 1. The van der Waals surface area contributed by atoms with Crippen molar-refractivity contribution in [2.45, 2.75) is 22.6 Å². The Morgan fingerprint density at radius 2 is 1.57 bits per heavy atom. The van der Waals surface area contributed by atoms with E-state index in [1.165, 1.54) is 55.7 Å². The van der Waals surface area contributed by atoms with Gasteiger partial charge in [0.1, 0.15) is 5.69 Å². The third-order valence-corrected chi connectivity index (χ3v) is 11.7. The number of rotatable bonds is 6. The topological polar surface area (TPSA) is 147 Å². The highest BCUT2D eigenvalue weighted by Crippen LogP contribution is 2.64. The lowest BCUT2D eigenvalue weighted by Crippen LogP contribution is -2.60. The van der Waals surface area contributed by atoms with Crippen LogP contribution >= 0.6 is 23.2 Å². The number of aromatic hydroxyl groups is 1. The number of amides is 4. The summed E-state index contributed by atoms with van der Waals surface area (Å²) in [5, 5.41) is 21.5. The molecule has 0 unspecified atom stereocenters. The second kappa shape index (κ2) is 12.4. The molecule has 2 aliphatic heterocycles. The van der Waals surface area contributed by atoms with Gasteiger partial charge >= 0.3 is 0 Å². The van der Waals surface area contributed by atoms with Crippen molar-refractivity contribution in [1.29, 1.82) is 0 Å². The maximum atomic E-state index is 15.2. The quantitative estimate of drug-likeness (QED) is 0.0448. The molecule has 4 amide bonds. The number of imide groups is 2. The van der Waals surface area contributed by atoms with E-state index in [-0.39, 0.29) is 34.1 Å². The Bertz CT molecular complexity index is 2240. The zero-order chi connectivity index (χ0) is 38.5. The Kier molecular flexibility index (Phi) is 8.41. The number of benzene rings is 3. The van der Waals surface area contributed by atoms with E-state index in [1.807, 2.05) is 0 Å². The number of fused-ring (bicyclic) bond motifs is 4. The summed E-state index contributed by atoms with van der Waals surface area (Å²) in [7, 11) is 1.28. The molecule has 53 heavy (non-hydrogen) atoms. The van der Waals surface area contributed by atoms with Gasteiger partial charge in [-0.25, -0.2) is 31.8 Å². The van der Waals surface area contributed by atoms with Crippen LogP contribution in [0.25, 0.3) is 6.08 Å². The summed E-state index contributed by atoms with van der Waals surface area (Å²) in [5.41, 5.74) is -1.91. The van der Waals surface area contributed by atoms with Gasteiger partial charge < -0.3 is 9.84 Å². The first kappa shape index (κ1) is 36.0. The van der Waals surface area contributed by atoms with Gasteiger partial charge in [0.2, 0.25) is 17.6 Å². The summed E-state index contributed by atoms with van der Waals surface area (Å²) in [6.07, 6.45) is 3.32. The van der Waals surface area contributed by atoms with Crippen LogP contribution < -0.4 is 14.5 Å². The molecule has 3 aromatic rings. The first-order valence-electron chi connectivity index (χ1n) is 15.6. The number of anilines is 2.